The van der Waals surface area contributed by atoms with Gasteiger partial charge in [-0.1, -0.05) is 13.8 Å². The van der Waals surface area contributed by atoms with Crippen LogP contribution in [0.15, 0.2) is 23.1 Å². The average molecular weight is 428 g/mol. The van der Waals surface area contributed by atoms with Crippen LogP contribution in [0.25, 0.3) is 0 Å². The first-order chi connectivity index (χ1) is 13.3. The number of H-pyrrole nitrogens is 1. The van der Waals surface area contributed by atoms with Crippen LogP contribution in [0.2, 0.25) is 0 Å². The van der Waals surface area contributed by atoms with Gasteiger partial charge in [-0.15, -0.1) is 0 Å². The standard InChI is InChI=1S/C17H22FN5O3S2/c1-3-22(4-2)28(25,26)12-7-8-14(18)13(9-12)16(24)19-10-15-20-21-17(27)23(15)11-5-6-11/h7-9,11H,3-6,10H2,1-2H3,(H,19,24)(H,21,27). The van der Waals surface area contributed by atoms with Crippen LogP contribution in [0.4, 0.5) is 4.39 Å². The average Bonchev–Trinajstić information content (AvgIpc) is 3.43. The van der Waals surface area contributed by atoms with Crippen molar-refractivity contribution in [3.63, 3.8) is 0 Å². The number of sulfonamides is 1. The third kappa shape index (κ3) is 4.01. The van der Waals surface area contributed by atoms with Gasteiger partial charge in [-0.3, -0.25) is 14.5 Å². The molecule has 1 heterocycles. The Kier molecular flexibility index (Phi) is 5.96. The van der Waals surface area contributed by atoms with Crippen LogP contribution in [0, 0.1) is 10.6 Å². The Bertz CT molecular complexity index is 1040. The van der Waals surface area contributed by atoms with Gasteiger partial charge in [0.1, 0.15) is 5.82 Å². The smallest absolute Gasteiger partial charge is 0.254 e. The van der Waals surface area contributed by atoms with E-state index in [0.717, 1.165) is 31.0 Å². The number of hydrogen-bond acceptors (Lipinski definition) is 5. The second kappa shape index (κ2) is 8.10. The molecule has 1 aromatic carbocycles. The van der Waals surface area contributed by atoms with E-state index in [1.165, 1.54) is 4.31 Å². The maximum absolute atomic E-state index is 14.2. The number of carbonyl (C=O) groups is 1. The first kappa shape index (κ1) is 20.6. The third-order valence-electron chi connectivity index (χ3n) is 4.62. The summed E-state index contributed by atoms with van der Waals surface area (Å²) in [4.78, 5) is 12.4. The summed E-state index contributed by atoms with van der Waals surface area (Å²) >= 11 is 5.19. The third-order valence-corrected chi connectivity index (χ3v) is 6.96. The van der Waals surface area contributed by atoms with Gasteiger partial charge >= 0.3 is 0 Å². The number of halogens is 1. The Morgan fingerprint density at radius 1 is 1.39 bits per heavy atom. The summed E-state index contributed by atoms with van der Waals surface area (Å²) in [7, 11) is -3.80. The van der Waals surface area contributed by atoms with Crippen LogP contribution in [0.3, 0.4) is 0 Å². The highest BCUT2D eigenvalue weighted by molar-refractivity contribution is 7.89. The van der Waals surface area contributed by atoms with E-state index < -0.39 is 21.7 Å². The zero-order valence-electron chi connectivity index (χ0n) is 15.6. The van der Waals surface area contributed by atoms with Gasteiger partial charge in [0.2, 0.25) is 10.0 Å². The van der Waals surface area contributed by atoms with Crippen molar-refractivity contribution in [3.05, 3.63) is 40.2 Å². The van der Waals surface area contributed by atoms with Gasteiger partial charge in [-0.25, -0.2) is 12.8 Å². The highest BCUT2D eigenvalue weighted by atomic mass is 32.2. The number of aromatic nitrogens is 3. The van der Waals surface area contributed by atoms with E-state index in [9.17, 15) is 17.6 Å². The lowest BCUT2D eigenvalue weighted by Gasteiger charge is -2.19. The van der Waals surface area contributed by atoms with Gasteiger partial charge in [0.05, 0.1) is 17.0 Å². The molecular weight excluding hydrogens is 405 g/mol. The molecule has 1 fully saturated rings. The minimum Gasteiger partial charge on any atom is -0.345 e. The second-order valence-electron chi connectivity index (χ2n) is 6.46. The van der Waals surface area contributed by atoms with Gasteiger partial charge < -0.3 is 5.32 Å². The predicted molar refractivity (Wildman–Crippen MR) is 103 cm³/mol. The van der Waals surface area contributed by atoms with Crippen LogP contribution in [0.1, 0.15) is 48.9 Å². The van der Waals surface area contributed by atoms with Crippen LogP contribution in [-0.2, 0) is 16.6 Å². The van der Waals surface area contributed by atoms with E-state index in [1.54, 1.807) is 13.8 Å². The number of carbonyl (C=O) groups excluding carboxylic acids is 1. The molecule has 1 aliphatic rings. The summed E-state index contributed by atoms with van der Waals surface area (Å²) < 4.78 is 43.0. The van der Waals surface area contributed by atoms with Gasteiger partial charge in [-0.05, 0) is 43.3 Å². The topological polar surface area (TPSA) is 100 Å². The Labute approximate surface area is 167 Å². The summed E-state index contributed by atoms with van der Waals surface area (Å²) in [5, 5.41) is 9.39. The van der Waals surface area contributed by atoms with Crippen molar-refractivity contribution in [2.75, 3.05) is 13.1 Å². The molecule has 3 rings (SSSR count). The van der Waals surface area contributed by atoms with Crippen LogP contribution >= 0.6 is 12.2 Å². The number of nitrogens with one attached hydrogen (secondary N) is 2. The zero-order chi connectivity index (χ0) is 20.5. The van der Waals surface area contributed by atoms with Gasteiger partial charge in [-0.2, -0.15) is 9.40 Å². The predicted octanol–water partition coefficient (Wildman–Crippen LogP) is 2.38. The number of hydrogen-bond donors (Lipinski definition) is 2. The monoisotopic (exact) mass is 427 g/mol. The molecular formula is C17H22FN5O3S2. The highest BCUT2D eigenvalue weighted by Crippen LogP contribution is 2.35. The first-order valence-corrected chi connectivity index (χ1v) is 10.9. The molecule has 2 aromatic rings. The summed E-state index contributed by atoms with van der Waals surface area (Å²) in [5.41, 5.74) is -0.333. The Balaban J connectivity index is 1.81. The van der Waals surface area contributed by atoms with E-state index in [-0.39, 0.29) is 36.1 Å². The summed E-state index contributed by atoms with van der Waals surface area (Å²) in [6.45, 7) is 4.03. The molecule has 8 nitrogen and oxygen atoms in total. The van der Waals surface area contributed by atoms with Crippen molar-refractivity contribution in [1.82, 2.24) is 24.4 Å². The minimum atomic E-state index is -3.80. The van der Waals surface area contributed by atoms with Crippen molar-refractivity contribution < 1.29 is 17.6 Å². The van der Waals surface area contributed by atoms with Crippen molar-refractivity contribution in [3.8, 4) is 0 Å². The fourth-order valence-electron chi connectivity index (χ4n) is 2.98. The normalized spacial score (nSPS) is 14.4. The molecule has 0 bridgehead atoms. The lowest BCUT2D eigenvalue weighted by Crippen LogP contribution is -2.31. The molecule has 1 aromatic heterocycles. The fourth-order valence-corrected chi connectivity index (χ4v) is 4.76. The molecule has 0 aliphatic heterocycles. The lowest BCUT2D eigenvalue weighted by molar-refractivity contribution is 0.0945. The summed E-state index contributed by atoms with van der Waals surface area (Å²) in [6, 6.07) is 3.50. The van der Waals surface area contributed by atoms with Crippen LogP contribution in [-0.4, -0.2) is 46.5 Å². The number of rotatable bonds is 8. The first-order valence-electron chi connectivity index (χ1n) is 9.03. The molecule has 0 atom stereocenters. The molecule has 28 heavy (non-hydrogen) atoms. The van der Waals surface area contributed by atoms with E-state index in [2.05, 4.69) is 15.5 Å². The minimum absolute atomic E-state index is 0.0505. The maximum atomic E-state index is 14.2. The van der Waals surface area contributed by atoms with E-state index in [4.69, 9.17) is 12.2 Å². The molecule has 152 valence electrons. The van der Waals surface area contributed by atoms with Crippen molar-refractivity contribution in [2.45, 2.75) is 44.2 Å². The molecule has 0 spiro atoms. The fraction of sp³-hybridized carbons (Fsp3) is 0.471. The molecule has 0 radical (unpaired) electrons. The van der Waals surface area contributed by atoms with Crippen molar-refractivity contribution >= 4 is 28.1 Å². The number of nitrogens with zero attached hydrogens (tertiary/aromatic N) is 3. The summed E-state index contributed by atoms with van der Waals surface area (Å²) in [5.74, 6) is -0.962. The lowest BCUT2D eigenvalue weighted by atomic mass is 10.2. The number of amides is 1. The van der Waals surface area contributed by atoms with E-state index in [0.29, 0.717) is 10.6 Å². The molecule has 1 saturated carbocycles. The molecule has 1 aliphatic carbocycles. The van der Waals surface area contributed by atoms with Crippen molar-refractivity contribution in [2.24, 2.45) is 0 Å². The summed E-state index contributed by atoms with van der Waals surface area (Å²) in [6.07, 6.45) is 1.99. The molecule has 2 N–H and O–H groups in total. The molecule has 11 heteroatoms. The van der Waals surface area contributed by atoms with E-state index >= 15 is 0 Å². The number of benzene rings is 1. The zero-order valence-corrected chi connectivity index (χ0v) is 17.2. The second-order valence-corrected chi connectivity index (χ2v) is 8.78. The quantitative estimate of drug-likeness (QED) is 0.630. The van der Waals surface area contributed by atoms with Gasteiger partial charge in [0, 0.05) is 19.1 Å². The van der Waals surface area contributed by atoms with Crippen LogP contribution in [0.5, 0.6) is 0 Å². The number of aromatic amines is 1. The molecule has 0 saturated heterocycles. The van der Waals surface area contributed by atoms with Gasteiger partial charge in [0.15, 0.2) is 10.6 Å². The largest absolute Gasteiger partial charge is 0.345 e. The van der Waals surface area contributed by atoms with Gasteiger partial charge in [0.25, 0.3) is 5.91 Å². The highest BCUT2D eigenvalue weighted by Gasteiger charge is 2.28. The van der Waals surface area contributed by atoms with Crippen molar-refractivity contribution in [1.29, 1.82) is 0 Å². The Morgan fingerprint density at radius 3 is 2.68 bits per heavy atom. The van der Waals surface area contributed by atoms with E-state index in [1.807, 2.05) is 4.57 Å². The SMILES string of the molecule is CCN(CC)S(=O)(=O)c1ccc(F)c(C(=O)NCc2n[nH]c(=S)n2C2CC2)c1. The Hall–Kier alpha value is -2.11. The Morgan fingerprint density at radius 2 is 2.07 bits per heavy atom. The molecule has 0 unspecified atom stereocenters. The molecule has 1 amide bonds. The van der Waals surface area contributed by atoms with Crippen LogP contribution < -0.4 is 5.32 Å². The maximum Gasteiger partial charge on any atom is 0.254 e.